The standard InChI is InChI=1S/C12H14N4O2/c1-8-15-10(5-11(17)16-8)13-6-9-3-4-12(18-2)14-7-9/h3-5,7H,6H2,1-2H3,(H2,13,15,16,17). The van der Waals surface area contributed by atoms with Crippen LogP contribution in [0.3, 0.4) is 0 Å². The summed E-state index contributed by atoms with van der Waals surface area (Å²) >= 11 is 0. The lowest BCUT2D eigenvalue weighted by Crippen LogP contribution is -2.11. The molecule has 0 unspecified atom stereocenters. The van der Waals surface area contributed by atoms with E-state index in [2.05, 4.69) is 20.3 Å². The highest BCUT2D eigenvalue weighted by atomic mass is 16.5. The number of ether oxygens (including phenoxy) is 1. The summed E-state index contributed by atoms with van der Waals surface area (Å²) in [6, 6.07) is 5.11. The molecule has 0 aromatic carbocycles. The highest BCUT2D eigenvalue weighted by Crippen LogP contribution is 2.08. The largest absolute Gasteiger partial charge is 0.481 e. The summed E-state index contributed by atoms with van der Waals surface area (Å²) in [7, 11) is 1.57. The van der Waals surface area contributed by atoms with Crippen LogP contribution in [0.15, 0.2) is 29.2 Å². The van der Waals surface area contributed by atoms with Crippen LogP contribution in [0.25, 0.3) is 0 Å². The molecule has 94 valence electrons. The van der Waals surface area contributed by atoms with Gasteiger partial charge in [0.15, 0.2) is 0 Å². The quantitative estimate of drug-likeness (QED) is 0.844. The minimum absolute atomic E-state index is 0.169. The molecule has 0 atom stereocenters. The average molecular weight is 246 g/mol. The van der Waals surface area contributed by atoms with Crippen LogP contribution in [0, 0.1) is 6.92 Å². The molecule has 2 rings (SSSR count). The Labute approximate surface area is 104 Å². The monoisotopic (exact) mass is 246 g/mol. The van der Waals surface area contributed by atoms with Crippen LogP contribution in [0.1, 0.15) is 11.4 Å². The van der Waals surface area contributed by atoms with E-state index in [9.17, 15) is 4.79 Å². The Kier molecular flexibility index (Phi) is 3.57. The molecular weight excluding hydrogens is 232 g/mol. The first-order valence-corrected chi connectivity index (χ1v) is 5.48. The predicted octanol–water partition coefficient (Wildman–Crippen LogP) is 1.09. The molecular formula is C12H14N4O2. The maximum Gasteiger partial charge on any atom is 0.252 e. The third-order valence-corrected chi connectivity index (χ3v) is 2.34. The summed E-state index contributed by atoms with van der Waals surface area (Å²) in [5, 5.41) is 3.07. The van der Waals surface area contributed by atoms with Crippen molar-refractivity contribution >= 4 is 5.82 Å². The Morgan fingerprint density at radius 3 is 2.89 bits per heavy atom. The van der Waals surface area contributed by atoms with Gasteiger partial charge in [-0.1, -0.05) is 6.07 Å². The van der Waals surface area contributed by atoms with E-state index >= 15 is 0 Å². The SMILES string of the molecule is COc1ccc(CNc2cc(=O)[nH]c(C)n2)cn1. The zero-order chi connectivity index (χ0) is 13.0. The van der Waals surface area contributed by atoms with Crippen molar-refractivity contribution in [3.8, 4) is 5.88 Å². The number of aromatic nitrogens is 3. The van der Waals surface area contributed by atoms with Gasteiger partial charge in [0.25, 0.3) is 5.56 Å². The molecule has 0 aliphatic carbocycles. The van der Waals surface area contributed by atoms with Gasteiger partial charge in [0, 0.05) is 24.9 Å². The zero-order valence-electron chi connectivity index (χ0n) is 10.2. The van der Waals surface area contributed by atoms with Crippen LogP contribution in [0.5, 0.6) is 5.88 Å². The fraction of sp³-hybridized carbons (Fsp3) is 0.250. The number of aromatic amines is 1. The molecule has 0 fully saturated rings. The summed E-state index contributed by atoms with van der Waals surface area (Å²) in [5.74, 6) is 1.70. The Balaban J connectivity index is 2.04. The summed E-state index contributed by atoms with van der Waals surface area (Å²) in [6.45, 7) is 2.29. The maximum absolute atomic E-state index is 11.2. The molecule has 0 saturated carbocycles. The Morgan fingerprint density at radius 2 is 2.28 bits per heavy atom. The number of anilines is 1. The van der Waals surface area contributed by atoms with Crippen molar-refractivity contribution in [2.45, 2.75) is 13.5 Å². The molecule has 2 aromatic rings. The zero-order valence-corrected chi connectivity index (χ0v) is 10.2. The van der Waals surface area contributed by atoms with E-state index in [1.165, 1.54) is 6.07 Å². The van der Waals surface area contributed by atoms with Crippen molar-refractivity contribution in [2.24, 2.45) is 0 Å². The van der Waals surface area contributed by atoms with Gasteiger partial charge in [0.05, 0.1) is 7.11 Å². The van der Waals surface area contributed by atoms with E-state index in [0.717, 1.165) is 5.56 Å². The van der Waals surface area contributed by atoms with Crippen molar-refractivity contribution in [1.29, 1.82) is 0 Å². The number of hydrogen-bond donors (Lipinski definition) is 2. The average Bonchev–Trinajstić information content (AvgIpc) is 2.36. The lowest BCUT2D eigenvalue weighted by atomic mass is 10.3. The molecule has 2 heterocycles. The molecule has 18 heavy (non-hydrogen) atoms. The highest BCUT2D eigenvalue weighted by molar-refractivity contribution is 5.34. The molecule has 2 aromatic heterocycles. The van der Waals surface area contributed by atoms with Gasteiger partial charge in [-0.05, 0) is 12.5 Å². The van der Waals surface area contributed by atoms with E-state index in [1.54, 1.807) is 26.3 Å². The molecule has 0 amide bonds. The third-order valence-electron chi connectivity index (χ3n) is 2.34. The lowest BCUT2D eigenvalue weighted by Gasteiger charge is -2.06. The van der Waals surface area contributed by atoms with E-state index in [4.69, 9.17) is 4.74 Å². The van der Waals surface area contributed by atoms with Crippen LogP contribution in [0.2, 0.25) is 0 Å². The van der Waals surface area contributed by atoms with Crippen LogP contribution in [-0.2, 0) is 6.54 Å². The van der Waals surface area contributed by atoms with Crippen LogP contribution < -0.4 is 15.6 Å². The maximum atomic E-state index is 11.2. The van der Waals surface area contributed by atoms with E-state index in [1.807, 2.05) is 6.07 Å². The van der Waals surface area contributed by atoms with Crippen molar-refractivity contribution in [3.05, 3.63) is 46.1 Å². The number of aryl methyl sites for hydroxylation is 1. The Morgan fingerprint density at radius 1 is 1.44 bits per heavy atom. The molecule has 6 heteroatoms. The Hall–Kier alpha value is -2.37. The number of hydrogen-bond acceptors (Lipinski definition) is 5. The molecule has 0 aliphatic rings. The molecule has 0 spiro atoms. The fourth-order valence-electron chi connectivity index (χ4n) is 1.50. The smallest absolute Gasteiger partial charge is 0.252 e. The molecule has 0 radical (unpaired) electrons. The van der Waals surface area contributed by atoms with Gasteiger partial charge < -0.3 is 15.0 Å². The summed E-state index contributed by atoms with van der Waals surface area (Å²) in [4.78, 5) is 22.1. The van der Waals surface area contributed by atoms with Gasteiger partial charge in [-0.25, -0.2) is 9.97 Å². The first kappa shape index (κ1) is 12.1. The van der Waals surface area contributed by atoms with Gasteiger partial charge >= 0.3 is 0 Å². The minimum atomic E-state index is -0.169. The second kappa shape index (κ2) is 5.31. The lowest BCUT2D eigenvalue weighted by molar-refractivity contribution is 0.397. The summed E-state index contributed by atoms with van der Waals surface area (Å²) in [6.07, 6.45) is 1.71. The summed E-state index contributed by atoms with van der Waals surface area (Å²) in [5.41, 5.74) is 0.813. The van der Waals surface area contributed by atoms with E-state index in [-0.39, 0.29) is 5.56 Å². The van der Waals surface area contributed by atoms with Crippen LogP contribution in [0.4, 0.5) is 5.82 Å². The molecule has 6 nitrogen and oxygen atoms in total. The van der Waals surface area contributed by atoms with Crippen molar-refractivity contribution in [1.82, 2.24) is 15.0 Å². The number of nitrogens with zero attached hydrogens (tertiary/aromatic N) is 2. The first-order valence-electron chi connectivity index (χ1n) is 5.48. The number of nitrogens with one attached hydrogen (secondary N) is 2. The van der Waals surface area contributed by atoms with E-state index < -0.39 is 0 Å². The van der Waals surface area contributed by atoms with Gasteiger partial charge in [-0.15, -0.1) is 0 Å². The normalized spacial score (nSPS) is 10.1. The molecule has 2 N–H and O–H groups in total. The Bertz CT molecular complexity index is 577. The minimum Gasteiger partial charge on any atom is -0.481 e. The predicted molar refractivity (Wildman–Crippen MR) is 67.7 cm³/mol. The second-order valence-corrected chi connectivity index (χ2v) is 3.78. The molecule has 0 saturated heterocycles. The van der Waals surface area contributed by atoms with E-state index in [0.29, 0.717) is 24.1 Å². The first-order chi connectivity index (χ1) is 8.67. The highest BCUT2D eigenvalue weighted by Gasteiger charge is 1.99. The molecule has 0 bridgehead atoms. The van der Waals surface area contributed by atoms with Crippen LogP contribution >= 0.6 is 0 Å². The second-order valence-electron chi connectivity index (χ2n) is 3.78. The third kappa shape index (κ3) is 3.07. The van der Waals surface area contributed by atoms with Gasteiger partial charge in [-0.2, -0.15) is 0 Å². The van der Waals surface area contributed by atoms with Crippen molar-refractivity contribution in [3.63, 3.8) is 0 Å². The summed E-state index contributed by atoms with van der Waals surface area (Å²) < 4.78 is 4.97. The van der Waals surface area contributed by atoms with Gasteiger partial charge in [0.2, 0.25) is 5.88 Å². The number of methoxy groups -OCH3 is 1. The topological polar surface area (TPSA) is 79.9 Å². The van der Waals surface area contributed by atoms with Crippen LogP contribution in [-0.4, -0.2) is 22.1 Å². The number of H-pyrrole nitrogens is 1. The molecule has 0 aliphatic heterocycles. The fourth-order valence-corrected chi connectivity index (χ4v) is 1.50. The van der Waals surface area contributed by atoms with Crippen molar-refractivity contribution in [2.75, 3.05) is 12.4 Å². The van der Waals surface area contributed by atoms with Gasteiger partial charge in [-0.3, -0.25) is 4.79 Å². The van der Waals surface area contributed by atoms with Crippen molar-refractivity contribution < 1.29 is 4.74 Å². The van der Waals surface area contributed by atoms with Gasteiger partial charge in [0.1, 0.15) is 11.6 Å². The number of rotatable bonds is 4. The number of pyridine rings is 1.